The van der Waals surface area contributed by atoms with Gasteiger partial charge in [-0.25, -0.2) is 4.98 Å². The van der Waals surface area contributed by atoms with Gasteiger partial charge in [-0.3, -0.25) is 4.79 Å². The number of imidazole rings is 1. The summed E-state index contributed by atoms with van der Waals surface area (Å²) in [5, 5.41) is 2.94. The maximum Gasteiger partial charge on any atom is 0.271 e. The van der Waals surface area contributed by atoms with E-state index < -0.39 is 0 Å². The van der Waals surface area contributed by atoms with Gasteiger partial charge in [0.1, 0.15) is 11.5 Å². The average Bonchev–Trinajstić information content (AvgIpc) is 2.91. The van der Waals surface area contributed by atoms with Crippen LogP contribution in [0.3, 0.4) is 0 Å². The summed E-state index contributed by atoms with van der Waals surface area (Å²) in [6, 6.07) is 5.64. The number of carbonyl (C=O) groups excluding carboxylic acids is 1. The minimum absolute atomic E-state index is 0.0260. The standard InChI is InChI=1S/C18H23N3O3/c1-5-24-15-11(7-6-8-13(15)23-4)16-20-12-9-18(2,3)10-19-17(22)14(12)21-16/h6-8H,5,9-10H2,1-4H3,(H,19,22)(H,20,21). The van der Waals surface area contributed by atoms with E-state index >= 15 is 0 Å². The highest BCUT2D eigenvalue weighted by molar-refractivity contribution is 5.94. The topological polar surface area (TPSA) is 76.2 Å². The Morgan fingerprint density at radius 1 is 1.33 bits per heavy atom. The van der Waals surface area contributed by atoms with Crippen LogP contribution in [0.1, 0.15) is 37.0 Å². The highest BCUT2D eigenvalue weighted by Gasteiger charge is 2.30. The first kappa shape index (κ1) is 16.4. The second kappa shape index (κ2) is 6.19. The molecule has 6 heteroatoms. The molecule has 1 amide bonds. The molecular weight excluding hydrogens is 306 g/mol. The second-order valence-corrected chi connectivity index (χ2v) is 6.71. The zero-order chi connectivity index (χ0) is 17.3. The van der Waals surface area contributed by atoms with Crippen LogP contribution in [0.5, 0.6) is 11.5 Å². The van der Waals surface area contributed by atoms with Crippen molar-refractivity contribution in [3.63, 3.8) is 0 Å². The number of hydrogen-bond donors (Lipinski definition) is 2. The van der Waals surface area contributed by atoms with Gasteiger partial charge in [0.15, 0.2) is 11.5 Å². The Kier molecular flexibility index (Phi) is 4.22. The van der Waals surface area contributed by atoms with Gasteiger partial charge in [0.2, 0.25) is 0 Å². The first-order valence-electron chi connectivity index (χ1n) is 8.12. The maximum absolute atomic E-state index is 12.3. The summed E-state index contributed by atoms with van der Waals surface area (Å²) in [5.74, 6) is 1.76. The van der Waals surface area contributed by atoms with E-state index in [1.54, 1.807) is 7.11 Å². The van der Waals surface area contributed by atoms with Crippen molar-refractivity contribution in [2.75, 3.05) is 20.3 Å². The van der Waals surface area contributed by atoms with Gasteiger partial charge in [-0.1, -0.05) is 19.9 Å². The number of ether oxygens (including phenoxy) is 2. The molecule has 2 N–H and O–H groups in total. The summed E-state index contributed by atoms with van der Waals surface area (Å²) in [4.78, 5) is 20.2. The van der Waals surface area contributed by atoms with E-state index in [1.807, 2.05) is 25.1 Å². The van der Waals surface area contributed by atoms with Crippen LogP contribution in [0.4, 0.5) is 0 Å². The first-order valence-corrected chi connectivity index (χ1v) is 8.12. The van der Waals surface area contributed by atoms with Gasteiger partial charge >= 0.3 is 0 Å². The molecule has 3 rings (SSSR count). The van der Waals surface area contributed by atoms with Crippen molar-refractivity contribution in [2.45, 2.75) is 27.2 Å². The van der Waals surface area contributed by atoms with Gasteiger partial charge in [0.25, 0.3) is 5.91 Å². The van der Waals surface area contributed by atoms with Gasteiger partial charge in [-0.2, -0.15) is 0 Å². The maximum atomic E-state index is 12.3. The molecule has 1 aliphatic rings. The Balaban J connectivity index is 2.10. The van der Waals surface area contributed by atoms with Crippen LogP contribution in [-0.2, 0) is 6.42 Å². The molecule has 0 saturated heterocycles. The third-order valence-corrected chi connectivity index (χ3v) is 4.12. The molecule has 0 spiro atoms. The molecule has 1 aromatic carbocycles. The van der Waals surface area contributed by atoms with Crippen molar-refractivity contribution in [3.05, 3.63) is 29.6 Å². The van der Waals surface area contributed by atoms with E-state index in [0.717, 1.165) is 17.7 Å². The van der Waals surface area contributed by atoms with Crippen LogP contribution in [0.25, 0.3) is 11.4 Å². The summed E-state index contributed by atoms with van der Waals surface area (Å²) in [7, 11) is 1.61. The molecule has 0 unspecified atom stereocenters. The number of nitrogens with one attached hydrogen (secondary N) is 2. The summed E-state index contributed by atoms with van der Waals surface area (Å²) in [6.07, 6.45) is 0.752. The number of nitrogens with zero attached hydrogens (tertiary/aromatic N) is 1. The van der Waals surface area contributed by atoms with Gasteiger partial charge < -0.3 is 19.8 Å². The number of benzene rings is 1. The van der Waals surface area contributed by atoms with Crippen molar-refractivity contribution >= 4 is 5.91 Å². The van der Waals surface area contributed by atoms with Crippen molar-refractivity contribution in [3.8, 4) is 22.9 Å². The highest BCUT2D eigenvalue weighted by Crippen LogP contribution is 2.38. The van der Waals surface area contributed by atoms with Crippen LogP contribution in [0, 0.1) is 5.41 Å². The Hall–Kier alpha value is -2.50. The Morgan fingerprint density at radius 3 is 2.83 bits per heavy atom. The van der Waals surface area contributed by atoms with E-state index in [1.165, 1.54) is 0 Å². The minimum Gasteiger partial charge on any atom is -0.493 e. The van der Waals surface area contributed by atoms with Crippen LogP contribution in [0.15, 0.2) is 18.2 Å². The molecule has 0 fully saturated rings. The normalized spacial score (nSPS) is 16.1. The van der Waals surface area contributed by atoms with Crippen molar-refractivity contribution < 1.29 is 14.3 Å². The predicted octanol–water partition coefficient (Wildman–Crippen LogP) is 2.80. The fourth-order valence-electron chi connectivity index (χ4n) is 2.95. The monoisotopic (exact) mass is 329 g/mol. The molecule has 128 valence electrons. The fourth-order valence-corrected chi connectivity index (χ4v) is 2.95. The minimum atomic E-state index is -0.140. The predicted molar refractivity (Wildman–Crippen MR) is 91.6 cm³/mol. The largest absolute Gasteiger partial charge is 0.493 e. The van der Waals surface area contributed by atoms with Gasteiger partial charge in [0.05, 0.1) is 19.3 Å². The van der Waals surface area contributed by atoms with Crippen LogP contribution >= 0.6 is 0 Å². The molecule has 0 radical (unpaired) electrons. The Bertz CT molecular complexity index is 765. The molecule has 2 heterocycles. The molecule has 0 saturated carbocycles. The Labute approximate surface area is 141 Å². The van der Waals surface area contributed by atoms with E-state index in [0.29, 0.717) is 36.2 Å². The van der Waals surface area contributed by atoms with Crippen molar-refractivity contribution in [1.82, 2.24) is 15.3 Å². The number of fused-ring (bicyclic) bond motifs is 1. The third kappa shape index (κ3) is 2.96. The summed E-state index contributed by atoms with van der Waals surface area (Å²) in [5.41, 5.74) is 2.08. The number of amides is 1. The number of para-hydroxylation sites is 1. The first-order chi connectivity index (χ1) is 11.4. The molecule has 1 aromatic heterocycles. The molecule has 24 heavy (non-hydrogen) atoms. The Morgan fingerprint density at radius 2 is 2.12 bits per heavy atom. The van der Waals surface area contributed by atoms with E-state index in [-0.39, 0.29) is 11.3 Å². The molecule has 0 atom stereocenters. The van der Waals surface area contributed by atoms with Gasteiger partial charge in [-0.15, -0.1) is 0 Å². The van der Waals surface area contributed by atoms with E-state index in [9.17, 15) is 4.79 Å². The third-order valence-electron chi connectivity index (χ3n) is 4.12. The zero-order valence-corrected chi connectivity index (χ0v) is 14.5. The summed E-state index contributed by atoms with van der Waals surface area (Å²) in [6.45, 7) is 7.32. The number of methoxy groups -OCH3 is 1. The number of carbonyl (C=O) groups is 1. The van der Waals surface area contributed by atoms with Crippen LogP contribution in [-0.4, -0.2) is 36.1 Å². The summed E-state index contributed by atoms with van der Waals surface area (Å²) < 4.78 is 11.1. The number of H-pyrrole nitrogens is 1. The number of aromatic amines is 1. The molecule has 0 aliphatic carbocycles. The van der Waals surface area contributed by atoms with Gasteiger partial charge in [0, 0.05) is 12.2 Å². The van der Waals surface area contributed by atoms with Gasteiger partial charge in [-0.05, 0) is 30.9 Å². The molecule has 6 nitrogen and oxygen atoms in total. The number of rotatable bonds is 4. The van der Waals surface area contributed by atoms with Crippen LogP contribution < -0.4 is 14.8 Å². The SMILES string of the molecule is CCOc1c(OC)cccc1-c1nc2c([nH]1)CC(C)(C)CNC2=O. The quantitative estimate of drug-likeness (QED) is 0.904. The number of hydrogen-bond acceptors (Lipinski definition) is 4. The molecule has 2 aromatic rings. The van der Waals surface area contributed by atoms with Crippen molar-refractivity contribution in [2.24, 2.45) is 5.41 Å². The fraction of sp³-hybridized carbons (Fsp3) is 0.444. The highest BCUT2D eigenvalue weighted by atomic mass is 16.5. The molecular formula is C18H23N3O3. The lowest BCUT2D eigenvalue weighted by molar-refractivity contribution is 0.0940. The zero-order valence-electron chi connectivity index (χ0n) is 14.5. The lowest BCUT2D eigenvalue weighted by atomic mass is 9.88. The van der Waals surface area contributed by atoms with E-state index in [4.69, 9.17) is 9.47 Å². The molecule has 0 bridgehead atoms. The number of aromatic nitrogens is 2. The summed E-state index contributed by atoms with van der Waals surface area (Å²) >= 11 is 0. The van der Waals surface area contributed by atoms with Crippen molar-refractivity contribution in [1.29, 1.82) is 0 Å². The molecule has 1 aliphatic heterocycles. The van der Waals surface area contributed by atoms with Crippen LogP contribution in [0.2, 0.25) is 0 Å². The average molecular weight is 329 g/mol. The smallest absolute Gasteiger partial charge is 0.271 e. The lowest BCUT2D eigenvalue weighted by Gasteiger charge is -2.21. The second-order valence-electron chi connectivity index (χ2n) is 6.71. The van der Waals surface area contributed by atoms with E-state index in [2.05, 4.69) is 29.1 Å². The lowest BCUT2D eigenvalue weighted by Crippen LogP contribution is -2.32.